The summed E-state index contributed by atoms with van der Waals surface area (Å²) in [5.41, 5.74) is 1.40. The highest BCUT2D eigenvalue weighted by atomic mass is 16.5. The molecule has 1 aliphatic carbocycles. The van der Waals surface area contributed by atoms with Crippen LogP contribution in [0.2, 0.25) is 0 Å². The third kappa shape index (κ3) is 4.20. The Morgan fingerprint density at radius 2 is 1.97 bits per heavy atom. The molecule has 7 heteroatoms. The lowest BCUT2D eigenvalue weighted by Crippen LogP contribution is -2.51. The fourth-order valence-corrected chi connectivity index (χ4v) is 5.25. The first-order valence-electron chi connectivity index (χ1n) is 11.7. The minimum absolute atomic E-state index is 0.0156. The van der Waals surface area contributed by atoms with Crippen LogP contribution >= 0.6 is 0 Å². The number of aromatic nitrogens is 2. The van der Waals surface area contributed by atoms with E-state index in [9.17, 15) is 9.59 Å². The monoisotopic (exact) mass is 424 g/mol. The van der Waals surface area contributed by atoms with E-state index in [-0.39, 0.29) is 23.3 Å². The van der Waals surface area contributed by atoms with Crippen molar-refractivity contribution in [2.45, 2.75) is 50.5 Å². The van der Waals surface area contributed by atoms with Crippen LogP contribution in [0, 0.1) is 11.8 Å². The highest BCUT2D eigenvalue weighted by molar-refractivity contribution is 6.04. The number of carbonyl (C=O) groups excluding carboxylic acids is 2. The topological polar surface area (TPSA) is 76.5 Å². The summed E-state index contributed by atoms with van der Waals surface area (Å²) >= 11 is 0. The normalized spacial score (nSPS) is 23.3. The molecule has 2 aromatic rings. The number of fused-ring (bicyclic) bond motifs is 1. The fraction of sp³-hybridized carbons (Fsp3) is 0.625. The van der Waals surface area contributed by atoms with E-state index < -0.39 is 0 Å². The Bertz CT molecular complexity index is 972. The SMILES string of the molecule is Cn1nc(C(=O)N2CCC3(CC2)CC(CCNC(=O)C2CC2)CCO3)c2ccccc21. The van der Waals surface area contributed by atoms with Crippen LogP contribution in [-0.2, 0) is 16.6 Å². The van der Waals surface area contributed by atoms with Crippen molar-refractivity contribution in [3.63, 3.8) is 0 Å². The lowest BCUT2D eigenvalue weighted by atomic mass is 9.78. The highest BCUT2D eigenvalue weighted by Crippen LogP contribution is 2.39. The van der Waals surface area contributed by atoms with Crippen molar-refractivity contribution in [3.05, 3.63) is 30.0 Å². The molecule has 2 aliphatic heterocycles. The number of nitrogens with zero attached hydrogens (tertiary/aromatic N) is 3. The summed E-state index contributed by atoms with van der Waals surface area (Å²) in [6.07, 6.45) is 6.95. The molecule has 1 unspecified atom stereocenters. The molecule has 1 aromatic heterocycles. The Balaban J connectivity index is 1.17. The quantitative estimate of drug-likeness (QED) is 0.801. The van der Waals surface area contributed by atoms with Crippen molar-refractivity contribution in [3.8, 4) is 0 Å². The van der Waals surface area contributed by atoms with Crippen LogP contribution in [0.5, 0.6) is 0 Å². The van der Waals surface area contributed by atoms with E-state index in [1.54, 1.807) is 4.68 Å². The van der Waals surface area contributed by atoms with Gasteiger partial charge >= 0.3 is 0 Å². The molecule has 3 heterocycles. The molecule has 1 atom stereocenters. The van der Waals surface area contributed by atoms with Gasteiger partial charge in [0, 0.05) is 44.6 Å². The Morgan fingerprint density at radius 1 is 1.19 bits per heavy atom. The standard InChI is InChI=1S/C24H32N4O3/c1-27-20-5-3-2-4-19(20)21(26-27)23(30)28-13-10-24(11-14-28)16-17(9-15-31-24)8-12-25-22(29)18-6-7-18/h2-5,17-18H,6-16H2,1H3,(H,25,29). The molecule has 31 heavy (non-hydrogen) atoms. The summed E-state index contributed by atoms with van der Waals surface area (Å²) in [4.78, 5) is 27.0. The summed E-state index contributed by atoms with van der Waals surface area (Å²) in [5, 5.41) is 8.52. The summed E-state index contributed by atoms with van der Waals surface area (Å²) in [7, 11) is 1.88. The number of ether oxygens (including phenoxy) is 1. The Kier molecular flexibility index (Phi) is 5.46. The molecule has 7 nitrogen and oxygen atoms in total. The summed E-state index contributed by atoms with van der Waals surface area (Å²) in [6, 6.07) is 7.89. The van der Waals surface area contributed by atoms with Gasteiger partial charge in [-0.2, -0.15) is 5.10 Å². The van der Waals surface area contributed by atoms with Gasteiger partial charge in [0.05, 0.1) is 11.1 Å². The predicted molar refractivity (Wildman–Crippen MR) is 118 cm³/mol. The maximum Gasteiger partial charge on any atom is 0.275 e. The first-order chi connectivity index (χ1) is 15.0. The molecule has 3 fully saturated rings. The van der Waals surface area contributed by atoms with Crippen molar-refractivity contribution < 1.29 is 14.3 Å². The molecule has 0 radical (unpaired) electrons. The van der Waals surface area contributed by atoms with Crippen molar-refractivity contribution in [2.75, 3.05) is 26.2 Å². The van der Waals surface area contributed by atoms with E-state index in [4.69, 9.17) is 4.74 Å². The molecule has 2 amide bonds. The molecule has 1 aromatic carbocycles. The number of amides is 2. The number of nitrogens with one attached hydrogen (secondary N) is 1. The zero-order valence-corrected chi connectivity index (χ0v) is 18.3. The van der Waals surface area contributed by atoms with Gasteiger partial charge < -0.3 is 15.0 Å². The number of hydrogen-bond acceptors (Lipinski definition) is 4. The van der Waals surface area contributed by atoms with Gasteiger partial charge in [-0.05, 0) is 56.9 Å². The second-order valence-electron chi connectivity index (χ2n) is 9.53. The van der Waals surface area contributed by atoms with Crippen molar-refractivity contribution in [1.29, 1.82) is 0 Å². The number of benzene rings is 1. The number of piperidine rings is 1. The molecular weight excluding hydrogens is 392 g/mol. The van der Waals surface area contributed by atoms with E-state index in [0.29, 0.717) is 24.7 Å². The zero-order chi connectivity index (χ0) is 21.4. The number of hydrogen-bond donors (Lipinski definition) is 1. The third-order valence-electron chi connectivity index (χ3n) is 7.32. The van der Waals surface area contributed by atoms with Crippen molar-refractivity contribution in [2.24, 2.45) is 18.9 Å². The van der Waals surface area contributed by atoms with Crippen LogP contribution < -0.4 is 5.32 Å². The van der Waals surface area contributed by atoms with Crippen LogP contribution in [0.3, 0.4) is 0 Å². The van der Waals surface area contributed by atoms with Gasteiger partial charge in [-0.15, -0.1) is 0 Å². The lowest BCUT2D eigenvalue weighted by Gasteiger charge is -2.46. The van der Waals surface area contributed by atoms with Crippen LogP contribution in [0.25, 0.3) is 10.9 Å². The summed E-state index contributed by atoms with van der Waals surface area (Å²) < 4.78 is 8.06. The first kappa shape index (κ1) is 20.5. The molecule has 1 saturated carbocycles. The lowest BCUT2D eigenvalue weighted by molar-refractivity contribution is -0.125. The molecule has 166 valence electrons. The molecular formula is C24H32N4O3. The van der Waals surface area contributed by atoms with Gasteiger partial charge in [0.25, 0.3) is 5.91 Å². The molecule has 0 bridgehead atoms. The van der Waals surface area contributed by atoms with Gasteiger partial charge in [0.15, 0.2) is 5.69 Å². The highest BCUT2D eigenvalue weighted by Gasteiger charge is 2.41. The minimum Gasteiger partial charge on any atom is -0.375 e. The molecule has 5 rings (SSSR count). The largest absolute Gasteiger partial charge is 0.375 e. The molecule has 1 spiro atoms. The first-order valence-corrected chi connectivity index (χ1v) is 11.7. The summed E-state index contributed by atoms with van der Waals surface area (Å²) in [5.74, 6) is 1.10. The molecule has 3 aliphatic rings. The van der Waals surface area contributed by atoms with Gasteiger partial charge in [-0.3, -0.25) is 14.3 Å². The Hall–Kier alpha value is -2.41. The average molecular weight is 425 g/mol. The van der Waals surface area contributed by atoms with Crippen molar-refractivity contribution >= 4 is 22.7 Å². The van der Waals surface area contributed by atoms with Gasteiger partial charge in [-0.25, -0.2) is 0 Å². The second kappa shape index (κ2) is 8.26. The smallest absolute Gasteiger partial charge is 0.275 e. The number of aryl methyl sites for hydroxylation is 1. The molecule has 1 N–H and O–H groups in total. The predicted octanol–water partition coefficient (Wildman–Crippen LogP) is 2.89. The number of para-hydroxylation sites is 1. The van der Waals surface area contributed by atoms with E-state index >= 15 is 0 Å². The van der Waals surface area contributed by atoms with E-state index in [1.807, 2.05) is 36.2 Å². The zero-order valence-electron chi connectivity index (χ0n) is 18.3. The minimum atomic E-state index is -0.119. The Labute approximate surface area is 183 Å². The molecule has 2 saturated heterocycles. The summed E-state index contributed by atoms with van der Waals surface area (Å²) in [6.45, 7) is 2.96. The second-order valence-corrected chi connectivity index (χ2v) is 9.53. The maximum absolute atomic E-state index is 13.2. The van der Waals surface area contributed by atoms with E-state index in [0.717, 1.165) is 69.0 Å². The van der Waals surface area contributed by atoms with Crippen LogP contribution in [-0.4, -0.2) is 58.3 Å². The van der Waals surface area contributed by atoms with Gasteiger partial charge in [0.2, 0.25) is 5.91 Å². The van der Waals surface area contributed by atoms with Gasteiger partial charge in [0.1, 0.15) is 0 Å². The Morgan fingerprint density at radius 3 is 2.74 bits per heavy atom. The average Bonchev–Trinajstić information content (AvgIpc) is 3.58. The maximum atomic E-state index is 13.2. The third-order valence-corrected chi connectivity index (χ3v) is 7.32. The number of rotatable bonds is 5. The van der Waals surface area contributed by atoms with Crippen LogP contribution in [0.15, 0.2) is 24.3 Å². The number of carbonyl (C=O) groups is 2. The fourth-order valence-electron chi connectivity index (χ4n) is 5.25. The van der Waals surface area contributed by atoms with E-state index in [2.05, 4.69) is 10.4 Å². The number of likely N-dealkylation sites (tertiary alicyclic amines) is 1. The van der Waals surface area contributed by atoms with Gasteiger partial charge in [-0.1, -0.05) is 18.2 Å². The van der Waals surface area contributed by atoms with Crippen LogP contribution in [0.4, 0.5) is 0 Å². The van der Waals surface area contributed by atoms with Crippen LogP contribution in [0.1, 0.15) is 55.4 Å². The van der Waals surface area contributed by atoms with E-state index in [1.165, 1.54) is 0 Å². The van der Waals surface area contributed by atoms with Crippen molar-refractivity contribution in [1.82, 2.24) is 20.0 Å².